The Morgan fingerprint density at radius 1 is 1.53 bits per heavy atom. The highest BCUT2D eigenvalue weighted by atomic mass is 79.9. The Morgan fingerprint density at radius 3 is 2.95 bits per heavy atom. The van der Waals surface area contributed by atoms with Crippen LogP contribution in [-0.4, -0.2) is 32.3 Å². The molecule has 2 unspecified atom stereocenters. The lowest BCUT2D eigenvalue weighted by atomic mass is 9.97. The summed E-state index contributed by atoms with van der Waals surface area (Å²) in [7, 11) is 1.60. The van der Waals surface area contributed by atoms with Gasteiger partial charge in [-0.05, 0) is 46.5 Å². The van der Waals surface area contributed by atoms with Crippen LogP contribution in [0.1, 0.15) is 23.7 Å². The van der Waals surface area contributed by atoms with Crippen molar-refractivity contribution >= 4 is 21.8 Å². The Morgan fingerprint density at radius 2 is 2.32 bits per heavy atom. The van der Waals surface area contributed by atoms with Gasteiger partial charge in [0.2, 0.25) is 0 Å². The lowest BCUT2D eigenvalue weighted by molar-refractivity contribution is 0.0375. The van der Waals surface area contributed by atoms with Gasteiger partial charge in [0.1, 0.15) is 5.75 Å². The third-order valence-electron chi connectivity index (χ3n) is 3.37. The average molecular weight is 328 g/mol. The van der Waals surface area contributed by atoms with Crippen LogP contribution < -0.4 is 10.1 Å². The summed E-state index contributed by atoms with van der Waals surface area (Å²) >= 11 is 3.39. The Bertz CT molecular complexity index is 464. The molecular formula is C14H18BrNO3. The number of halogens is 1. The third-order valence-corrected chi connectivity index (χ3v) is 3.99. The van der Waals surface area contributed by atoms with E-state index in [9.17, 15) is 4.79 Å². The molecule has 1 aliphatic heterocycles. The number of hydrogen-bond donors (Lipinski definition) is 1. The fraction of sp³-hybridized carbons (Fsp3) is 0.500. The molecule has 2 atom stereocenters. The summed E-state index contributed by atoms with van der Waals surface area (Å²) in [6, 6.07) is 5.51. The van der Waals surface area contributed by atoms with Crippen LogP contribution in [0.15, 0.2) is 22.7 Å². The van der Waals surface area contributed by atoms with E-state index in [1.54, 1.807) is 25.3 Å². The zero-order valence-corrected chi connectivity index (χ0v) is 12.7. The number of benzene rings is 1. The standard InChI is InChI=1S/C14H18BrNO3/c1-9-8-19-6-5-12(9)16-14(17)10-3-4-13(18-2)11(15)7-10/h3-4,7,9,12H,5-6,8H2,1-2H3,(H,16,17). The van der Waals surface area contributed by atoms with E-state index in [0.717, 1.165) is 16.6 Å². The van der Waals surface area contributed by atoms with Gasteiger partial charge in [-0.25, -0.2) is 0 Å². The fourth-order valence-corrected chi connectivity index (χ4v) is 2.69. The molecule has 104 valence electrons. The Labute approximate surface area is 121 Å². The number of nitrogens with one attached hydrogen (secondary N) is 1. The Balaban J connectivity index is 2.05. The Kier molecular flexibility index (Phi) is 4.82. The molecule has 0 bridgehead atoms. The number of carbonyl (C=O) groups excluding carboxylic acids is 1. The highest BCUT2D eigenvalue weighted by Crippen LogP contribution is 2.25. The first-order valence-corrected chi connectivity index (χ1v) is 7.13. The second-order valence-electron chi connectivity index (χ2n) is 4.77. The van der Waals surface area contributed by atoms with Crippen LogP contribution in [0.5, 0.6) is 5.75 Å². The predicted octanol–water partition coefficient (Wildman–Crippen LogP) is 2.61. The maximum Gasteiger partial charge on any atom is 0.251 e. The first-order chi connectivity index (χ1) is 9.11. The van der Waals surface area contributed by atoms with Crippen LogP contribution in [0, 0.1) is 5.92 Å². The van der Waals surface area contributed by atoms with Crippen LogP contribution in [0.3, 0.4) is 0 Å². The van der Waals surface area contributed by atoms with E-state index >= 15 is 0 Å². The van der Waals surface area contributed by atoms with E-state index in [0.29, 0.717) is 24.7 Å². The van der Waals surface area contributed by atoms with Gasteiger partial charge in [0.25, 0.3) is 5.91 Å². The zero-order chi connectivity index (χ0) is 13.8. The maximum absolute atomic E-state index is 12.2. The molecule has 1 saturated heterocycles. The van der Waals surface area contributed by atoms with Crippen LogP contribution in [0.2, 0.25) is 0 Å². The van der Waals surface area contributed by atoms with Gasteiger partial charge in [-0.1, -0.05) is 6.92 Å². The van der Waals surface area contributed by atoms with Gasteiger partial charge in [0.15, 0.2) is 0 Å². The number of rotatable bonds is 3. The highest BCUT2D eigenvalue weighted by molar-refractivity contribution is 9.10. The molecule has 0 aromatic heterocycles. The molecule has 1 N–H and O–H groups in total. The lowest BCUT2D eigenvalue weighted by Gasteiger charge is -2.29. The summed E-state index contributed by atoms with van der Waals surface area (Å²) in [5.41, 5.74) is 0.631. The van der Waals surface area contributed by atoms with Crippen molar-refractivity contribution in [2.24, 2.45) is 5.92 Å². The van der Waals surface area contributed by atoms with E-state index in [1.807, 2.05) is 0 Å². The van der Waals surface area contributed by atoms with Crippen molar-refractivity contribution in [2.45, 2.75) is 19.4 Å². The average Bonchev–Trinajstić information content (AvgIpc) is 2.41. The fourth-order valence-electron chi connectivity index (χ4n) is 2.15. The van der Waals surface area contributed by atoms with E-state index in [4.69, 9.17) is 9.47 Å². The van der Waals surface area contributed by atoms with E-state index in [2.05, 4.69) is 28.2 Å². The van der Waals surface area contributed by atoms with E-state index in [-0.39, 0.29) is 11.9 Å². The van der Waals surface area contributed by atoms with Crippen molar-refractivity contribution in [3.05, 3.63) is 28.2 Å². The van der Waals surface area contributed by atoms with E-state index < -0.39 is 0 Å². The summed E-state index contributed by atoms with van der Waals surface area (Å²) in [4.78, 5) is 12.2. The first kappa shape index (κ1) is 14.3. The molecule has 4 nitrogen and oxygen atoms in total. The van der Waals surface area contributed by atoms with Gasteiger partial charge in [-0.3, -0.25) is 4.79 Å². The molecule has 1 aliphatic rings. The van der Waals surface area contributed by atoms with Gasteiger partial charge in [-0.15, -0.1) is 0 Å². The van der Waals surface area contributed by atoms with Gasteiger partial charge in [-0.2, -0.15) is 0 Å². The van der Waals surface area contributed by atoms with Gasteiger partial charge >= 0.3 is 0 Å². The van der Waals surface area contributed by atoms with Crippen LogP contribution in [-0.2, 0) is 4.74 Å². The quantitative estimate of drug-likeness (QED) is 0.928. The second-order valence-corrected chi connectivity index (χ2v) is 5.62. The van der Waals surface area contributed by atoms with Crippen molar-refractivity contribution in [3.8, 4) is 5.75 Å². The number of methoxy groups -OCH3 is 1. The molecule has 19 heavy (non-hydrogen) atoms. The number of carbonyl (C=O) groups is 1. The first-order valence-electron chi connectivity index (χ1n) is 6.34. The van der Waals surface area contributed by atoms with Gasteiger partial charge in [0, 0.05) is 18.2 Å². The topological polar surface area (TPSA) is 47.6 Å². The largest absolute Gasteiger partial charge is 0.496 e. The molecular weight excluding hydrogens is 310 g/mol. The van der Waals surface area contributed by atoms with Crippen LogP contribution in [0.25, 0.3) is 0 Å². The maximum atomic E-state index is 12.2. The van der Waals surface area contributed by atoms with Crippen molar-refractivity contribution in [3.63, 3.8) is 0 Å². The molecule has 1 heterocycles. The predicted molar refractivity (Wildman–Crippen MR) is 76.5 cm³/mol. The van der Waals surface area contributed by atoms with Crippen molar-refractivity contribution in [1.82, 2.24) is 5.32 Å². The minimum Gasteiger partial charge on any atom is -0.496 e. The molecule has 5 heteroatoms. The van der Waals surface area contributed by atoms with Gasteiger partial charge in [0.05, 0.1) is 18.2 Å². The highest BCUT2D eigenvalue weighted by Gasteiger charge is 2.24. The minimum absolute atomic E-state index is 0.0536. The van der Waals surface area contributed by atoms with Crippen molar-refractivity contribution < 1.29 is 14.3 Å². The van der Waals surface area contributed by atoms with E-state index in [1.165, 1.54) is 0 Å². The van der Waals surface area contributed by atoms with Crippen LogP contribution >= 0.6 is 15.9 Å². The lowest BCUT2D eigenvalue weighted by Crippen LogP contribution is -2.44. The monoisotopic (exact) mass is 327 g/mol. The van der Waals surface area contributed by atoms with Crippen LogP contribution in [0.4, 0.5) is 0 Å². The summed E-state index contributed by atoms with van der Waals surface area (Å²) in [6.07, 6.45) is 0.865. The minimum atomic E-state index is -0.0536. The molecule has 0 aliphatic carbocycles. The molecule has 0 saturated carbocycles. The molecule has 0 radical (unpaired) electrons. The molecule has 1 amide bonds. The Hall–Kier alpha value is -1.07. The molecule has 1 aromatic rings. The molecule has 1 fully saturated rings. The molecule has 2 rings (SSSR count). The number of hydrogen-bond acceptors (Lipinski definition) is 3. The summed E-state index contributed by atoms with van der Waals surface area (Å²) in [5.74, 6) is 1.01. The normalized spacial score (nSPS) is 22.9. The molecule has 0 spiro atoms. The van der Waals surface area contributed by atoms with Gasteiger partial charge < -0.3 is 14.8 Å². The smallest absolute Gasteiger partial charge is 0.251 e. The number of amides is 1. The third kappa shape index (κ3) is 3.48. The van der Waals surface area contributed by atoms with Crippen molar-refractivity contribution in [1.29, 1.82) is 0 Å². The summed E-state index contributed by atoms with van der Waals surface area (Å²) < 4.78 is 11.3. The summed E-state index contributed by atoms with van der Waals surface area (Å²) in [5, 5.41) is 3.07. The zero-order valence-electron chi connectivity index (χ0n) is 11.1. The van der Waals surface area contributed by atoms with Crippen molar-refractivity contribution in [2.75, 3.05) is 20.3 Å². The second kappa shape index (κ2) is 6.39. The SMILES string of the molecule is COc1ccc(C(=O)NC2CCOCC2C)cc1Br. The number of ether oxygens (including phenoxy) is 2. The molecule has 1 aromatic carbocycles. The summed E-state index contributed by atoms with van der Waals surface area (Å²) in [6.45, 7) is 3.51.